The molecular weight excluding hydrogens is 283 g/mol. The Hall–Kier alpha value is -0.590. The third kappa shape index (κ3) is 2.20. The van der Waals surface area contributed by atoms with Crippen LogP contribution >= 0.6 is 22.6 Å². The molecule has 0 bridgehead atoms. The van der Waals surface area contributed by atoms with Gasteiger partial charge in [0.1, 0.15) is 9.39 Å². The van der Waals surface area contributed by atoms with E-state index in [1.807, 2.05) is 13.8 Å². The molecule has 0 aliphatic rings. The van der Waals surface area contributed by atoms with Gasteiger partial charge in [0.15, 0.2) is 0 Å². The second-order valence-corrected chi connectivity index (χ2v) is 3.99. The number of aromatic nitrogens is 2. The van der Waals surface area contributed by atoms with Crippen molar-refractivity contribution in [2.45, 2.75) is 19.9 Å². The van der Waals surface area contributed by atoms with Gasteiger partial charge in [0.2, 0.25) is 0 Å². The fourth-order valence-electron chi connectivity index (χ4n) is 1.02. The Balaban J connectivity index is 3.11. The van der Waals surface area contributed by atoms with Gasteiger partial charge in [0.05, 0.1) is 7.11 Å². The van der Waals surface area contributed by atoms with Crippen LogP contribution < -0.4 is 0 Å². The molecule has 1 rings (SSSR count). The van der Waals surface area contributed by atoms with Crippen molar-refractivity contribution in [2.75, 3.05) is 7.11 Å². The molecule has 0 N–H and O–H groups in total. The van der Waals surface area contributed by atoms with Gasteiger partial charge >= 0.3 is 5.97 Å². The van der Waals surface area contributed by atoms with Crippen LogP contribution in [0.2, 0.25) is 0 Å². The first kappa shape index (κ1) is 10.5. The van der Waals surface area contributed by atoms with Gasteiger partial charge in [0.25, 0.3) is 0 Å². The van der Waals surface area contributed by atoms with Crippen LogP contribution in [0.15, 0.2) is 6.07 Å². The first-order valence-corrected chi connectivity index (χ1v) is 4.97. The fraction of sp³-hybridized carbons (Fsp3) is 0.500. The highest BCUT2D eigenvalue weighted by Crippen LogP contribution is 2.13. The number of hydrogen-bond donors (Lipinski definition) is 0. The second-order valence-electron chi connectivity index (χ2n) is 2.88. The molecule has 0 amide bonds. The molecule has 1 heterocycles. The van der Waals surface area contributed by atoms with E-state index in [-0.39, 0.29) is 12.0 Å². The van der Waals surface area contributed by atoms with Crippen molar-refractivity contribution in [3.63, 3.8) is 0 Å². The minimum Gasteiger partial charge on any atom is -0.464 e. The highest BCUT2D eigenvalue weighted by atomic mass is 127. The Morgan fingerprint density at radius 3 is 2.77 bits per heavy atom. The van der Waals surface area contributed by atoms with E-state index in [1.165, 1.54) is 7.11 Å². The van der Waals surface area contributed by atoms with Crippen molar-refractivity contribution in [1.29, 1.82) is 0 Å². The minimum absolute atomic E-state index is 0.164. The lowest BCUT2D eigenvalue weighted by Crippen LogP contribution is -2.13. The zero-order chi connectivity index (χ0) is 10.0. The quantitative estimate of drug-likeness (QED) is 0.617. The molecule has 0 radical (unpaired) electrons. The summed E-state index contributed by atoms with van der Waals surface area (Å²) in [6, 6.07) is 1.88. The molecule has 0 aliphatic heterocycles. The first-order chi connectivity index (χ1) is 6.06. The molecule has 0 unspecified atom stereocenters. The molecule has 0 saturated carbocycles. The molecule has 5 heteroatoms. The molecule has 13 heavy (non-hydrogen) atoms. The number of halogens is 1. The second kappa shape index (κ2) is 4.08. The Kier molecular flexibility index (Phi) is 3.29. The fourth-order valence-corrected chi connectivity index (χ4v) is 1.54. The number of methoxy groups -OCH3 is 1. The van der Waals surface area contributed by atoms with E-state index in [2.05, 4.69) is 32.4 Å². The predicted octanol–water partition coefficient (Wildman–Crippen LogP) is 1.86. The van der Waals surface area contributed by atoms with Crippen LogP contribution in [0.25, 0.3) is 0 Å². The van der Waals surface area contributed by atoms with Crippen molar-refractivity contribution >= 4 is 28.6 Å². The molecule has 0 spiro atoms. The molecule has 0 saturated heterocycles. The van der Waals surface area contributed by atoms with Gasteiger partial charge in [-0.3, -0.25) is 4.68 Å². The van der Waals surface area contributed by atoms with Crippen molar-refractivity contribution in [3.05, 3.63) is 15.5 Å². The van der Waals surface area contributed by atoms with Gasteiger partial charge in [-0.2, -0.15) is 5.10 Å². The van der Waals surface area contributed by atoms with Gasteiger partial charge in [-0.25, -0.2) is 4.79 Å². The number of hydrogen-bond acceptors (Lipinski definition) is 3. The van der Waals surface area contributed by atoms with E-state index in [0.717, 1.165) is 3.70 Å². The molecule has 0 aliphatic carbocycles. The van der Waals surface area contributed by atoms with Crippen LogP contribution in [0.3, 0.4) is 0 Å². The van der Waals surface area contributed by atoms with Crippen LogP contribution in [0.1, 0.15) is 30.4 Å². The van der Waals surface area contributed by atoms with Crippen molar-refractivity contribution in [1.82, 2.24) is 9.78 Å². The lowest BCUT2D eigenvalue weighted by molar-refractivity contribution is 0.0584. The molecule has 1 aromatic rings. The van der Waals surface area contributed by atoms with Crippen molar-refractivity contribution in [2.24, 2.45) is 0 Å². The average molecular weight is 294 g/mol. The van der Waals surface area contributed by atoms with E-state index >= 15 is 0 Å². The zero-order valence-corrected chi connectivity index (χ0v) is 9.90. The summed E-state index contributed by atoms with van der Waals surface area (Å²) >= 11 is 2.07. The highest BCUT2D eigenvalue weighted by Gasteiger charge is 2.16. The maximum Gasteiger partial charge on any atom is 0.356 e. The number of carbonyl (C=O) groups is 1. The van der Waals surface area contributed by atoms with Crippen molar-refractivity contribution in [3.8, 4) is 0 Å². The third-order valence-corrected chi connectivity index (χ3v) is 2.12. The zero-order valence-electron chi connectivity index (χ0n) is 7.74. The van der Waals surface area contributed by atoms with Gasteiger partial charge in [-0.05, 0) is 36.4 Å². The lowest BCUT2D eigenvalue weighted by atomic mass is 10.3. The maximum atomic E-state index is 11.3. The number of carbonyl (C=O) groups excluding carboxylic acids is 1. The number of ether oxygens (including phenoxy) is 1. The number of esters is 1. The molecule has 1 aromatic heterocycles. The van der Waals surface area contributed by atoms with E-state index < -0.39 is 0 Å². The van der Waals surface area contributed by atoms with Gasteiger partial charge in [-0.1, -0.05) is 0 Å². The minimum atomic E-state index is -0.343. The molecule has 0 fully saturated rings. The summed E-state index contributed by atoms with van der Waals surface area (Å²) in [5.41, 5.74) is 0.502. The summed E-state index contributed by atoms with van der Waals surface area (Å²) in [6.07, 6.45) is 0. The molecule has 72 valence electrons. The molecule has 0 atom stereocenters. The molecule has 0 aromatic carbocycles. The largest absolute Gasteiger partial charge is 0.464 e. The van der Waals surface area contributed by atoms with Crippen LogP contribution in [0.5, 0.6) is 0 Å². The van der Waals surface area contributed by atoms with Crippen LogP contribution in [-0.2, 0) is 4.74 Å². The Morgan fingerprint density at radius 2 is 2.31 bits per heavy atom. The molecule has 4 nitrogen and oxygen atoms in total. The van der Waals surface area contributed by atoms with Crippen LogP contribution in [0.4, 0.5) is 0 Å². The summed E-state index contributed by atoms with van der Waals surface area (Å²) in [6.45, 7) is 3.94. The number of rotatable bonds is 2. The summed E-state index contributed by atoms with van der Waals surface area (Å²) in [5.74, 6) is -0.343. The normalized spacial score (nSPS) is 10.5. The van der Waals surface area contributed by atoms with Crippen LogP contribution in [0, 0.1) is 3.70 Å². The number of nitrogens with zero attached hydrogens (tertiary/aromatic N) is 2. The molecular formula is C8H11IN2O2. The van der Waals surface area contributed by atoms with E-state index in [1.54, 1.807) is 10.7 Å². The summed E-state index contributed by atoms with van der Waals surface area (Å²) in [4.78, 5) is 11.3. The first-order valence-electron chi connectivity index (χ1n) is 3.89. The highest BCUT2D eigenvalue weighted by molar-refractivity contribution is 14.1. The lowest BCUT2D eigenvalue weighted by Gasteiger charge is -2.08. The topological polar surface area (TPSA) is 44.1 Å². The van der Waals surface area contributed by atoms with Gasteiger partial charge in [-0.15, -0.1) is 0 Å². The smallest absolute Gasteiger partial charge is 0.356 e. The maximum absolute atomic E-state index is 11.3. The van der Waals surface area contributed by atoms with Gasteiger partial charge < -0.3 is 4.74 Å². The average Bonchev–Trinajstić information content (AvgIpc) is 2.46. The predicted molar refractivity (Wildman–Crippen MR) is 56.7 cm³/mol. The SMILES string of the molecule is COC(=O)c1cc(I)nn1C(C)C. The Bertz CT molecular complexity index is 320. The Morgan fingerprint density at radius 1 is 1.69 bits per heavy atom. The van der Waals surface area contributed by atoms with Crippen LogP contribution in [-0.4, -0.2) is 22.9 Å². The van der Waals surface area contributed by atoms with E-state index in [4.69, 9.17) is 0 Å². The van der Waals surface area contributed by atoms with E-state index in [9.17, 15) is 4.79 Å². The summed E-state index contributed by atoms with van der Waals surface area (Å²) < 4.78 is 7.10. The van der Waals surface area contributed by atoms with Gasteiger partial charge in [0, 0.05) is 12.1 Å². The van der Waals surface area contributed by atoms with E-state index in [0.29, 0.717) is 5.69 Å². The third-order valence-electron chi connectivity index (χ3n) is 1.59. The monoisotopic (exact) mass is 294 g/mol. The summed E-state index contributed by atoms with van der Waals surface area (Å²) in [5, 5.41) is 4.18. The van der Waals surface area contributed by atoms with Crippen molar-refractivity contribution < 1.29 is 9.53 Å². The standard InChI is InChI=1S/C8H11IN2O2/c1-5(2)11-6(8(12)13-3)4-7(9)10-11/h4-5H,1-3H3. The Labute approximate surface area is 90.4 Å². The summed E-state index contributed by atoms with van der Waals surface area (Å²) in [7, 11) is 1.37.